The summed E-state index contributed by atoms with van der Waals surface area (Å²) in [5.74, 6) is 0. The van der Waals surface area contributed by atoms with E-state index in [1.165, 1.54) is 0 Å². The summed E-state index contributed by atoms with van der Waals surface area (Å²) in [6, 6.07) is 9.62. The van der Waals surface area contributed by atoms with E-state index in [9.17, 15) is 4.57 Å². The zero-order chi connectivity index (χ0) is 13.3. The van der Waals surface area contributed by atoms with Crippen LogP contribution in [0.25, 0.3) is 0 Å². The van der Waals surface area contributed by atoms with E-state index >= 15 is 0 Å². The van der Waals surface area contributed by atoms with Gasteiger partial charge in [-0.25, -0.2) is 5.09 Å². The highest BCUT2D eigenvalue weighted by molar-refractivity contribution is 7.56. The molecule has 0 fully saturated rings. The Morgan fingerprint density at radius 1 is 1.33 bits per heavy atom. The largest absolute Gasteiger partial charge is 0.369 e. The van der Waals surface area contributed by atoms with Gasteiger partial charge in [-0.15, -0.1) is 0 Å². The Morgan fingerprint density at radius 2 is 2.06 bits per heavy atom. The summed E-state index contributed by atoms with van der Waals surface area (Å²) in [5.41, 5.74) is 6.30. The first kappa shape index (κ1) is 15.3. The van der Waals surface area contributed by atoms with Gasteiger partial charge in [0, 0.05) is 13.1 Å². The van der Waals surface area contributed by atoms with Crippen LogP contribution < -0.4 is 10.8 Å². The minimum absolute atomic E-state index is 0.0465. The van der Waals surface area contributed by atoms with E-state index < -0.39 is 7.52 Å². The number of hydrogen-bond donors (Lipinski definition) is 2. The second kappa shape index (κ2) is 8.40. The summed E-state index contributed by atoms with van der Waals surface area (Å²) in [5, 5.41) is 2.86. The van der Waals surface area contributed by atoms with Crippen LogP contribution in [0.4, 0.5) is 0 Å². The zero-order valence-electron chi connectivity index (χ0n) is 10.7. The van der Waals surface area contributed by atoms with Crippen LogP contribution in [-0.2, 0) is 20.4 Å². The summed E-state index contributed by atoms with van der Waals surface area (Å²) >= 11 is 0. The van der Waals surface area contributed by atoms with Gasteiger partial charge in [0.25, 0.3) is 7.52 Å². The number of hydrogen-bond acceptors (Lipinski definition) is 4. The Kier molecular flexibility index (Phi) is 7.16. The van der Waals surface area contributed by atoms with Crippen molar-refractivity contribution in [2.24, 2.45) is 5.73 Å². The van der Waals surface area contributed by atoms with Crippen LogP contribution in [0.2, 0.25) is 0 Å². The lowest BCUT2D eigenvalue weighted by Gasteiger charge is -2.18. The van der Waals surface area contributed by atoms with Gasteiger partial charge >= 0.3 is 0 Å². The molecule has 0 heterocycles. The number of rotatable bonds is 9. The summed E-state index contributed by atoms with van der Waals surface area (Å²) in [6.45, 7) is 3.53. The Bertz CT molecular complexity index is 373. The van der Waals surface area contributed by atoms with Crippen LogP contribution in [0.15, 0.2) is 30.3 Å². The van der Waals surface area contributed by atoms with Crippen molar-refractivity contribution < 1.29 is 13.8 Å². The second-order valence-corrected chi connectivity index (χ2v) is 5.95. The zero-order valence-corrected chi connectivity index (χ0v) is 11.6. The van der Waals surface area contributed by atoms with Crippen molar-refractivity contribution in [1.82, 2.24) is 5.09 Å². The Hall–Kier alpha value is -0.710. The van der Waals surface area contributed by atoms with E-state index in [1.54, 1.807) is 0 Å². The van der Waals surface area contributed by atoms with Gasteiger partial charge in [-0.1, -0.05) is 37.3 Å². The predicted molar refractivity (Wildman–Crippen MR) is 72.4 cm³/mol. The maximum Gasteiger partial charge on any atom is 0.295 e. The molecule has 0 radical (unpaired) electrons. The highest BCUT2D eigenvalue weighted by atomic mass is 31.2. The molecule has 1 unspecified atom stereocenters. The third-order valence-electron chi connectivity index (χ3n) is 2.21. The van der Waals surface area contributed by atoms with E-state index in [0.717, 1.165) is 5.56 Å². The maximum absolute atomic E-state index is 12.4. The van der Waals surface area contributed by atoms with Gasteiger partial charge in [-0.3, -0.25) is 4.57 Å². The molecule has 0 amide bonds. The number of nitrogens with one attached hydrogen (secondary N) is 1. The highest BCUT2D eigenvalue weighted by Crippen LogP contribution is 2.42. The molecule has 1 atom stereocenters. The van der Waals surface area contributed by atoms with E-state index in [4.69, 9.17) is 15.0 Å². The lowest BCUT2D eigenvalue weighted by atomic mass is 10.2. The second-order valence-electron chi connectivity index (χ2n) is 3.77. The molecule has 0 aliphatic heterocycles. The Balaban J connectivity index is 2.48. The van der Waals surface area contributed by atoms with Gasteiger partial charge < -0.3 is 15.0 Å². The molecule has 6 heteroatoms. The lowest BCUT2D eigenvalue weighted by Crippen LogP contribution is -2.18. The van der Waals surface area contributed by atoms with Gasteiger partial charge in [0.2, 0.25) is 0 Å². The van der Waals surface area contributed by atoms with Crippen LogP contribution in [0.3, 0.4) is 0 Å². The van der Waals surface area contributed by atoms with Crippen molar-refractivity contribution in [2.45, 2.75) is 13.5 Å². The predicted octanol–water partition coefficient (Wildman–Crippen LogP) is 1.94. The van der Waals surface area contributed by atoms with Crippen molar-refractivity contribution in [3.63, 3.8) is 0 Å². The SMILES string of the molecule is CCNP(=O)(COCCN)OCc1ccccc1. The molecule has 0 saturated carbocycles. The van der Waals surface area contributed by atoms with Crippen LogP contribution >= 0.6 is 7.52 Å². The molecule has 0 aliphatic carbocycles. The number of nitrogens with two attached hydrogens (primary N) is 1. The standard InChI is InChI=1S/C12H21N2O3P/c1-2-14-18(15,11-16-9-8-13)17-10-12-6-4-3-5-7-12/h3-7H,2,8-11,13H2,1H3,(H,14,15). The van der Waals surface area contributed by atoms with Crippen molar-refractivity contribution in [3.05, 3.63) is 35.9 Å². The molecule has 3 N–H and O–H groups in total. The average molecular weight is 272 g/mol. The van der Waals surface area contributed by atoms with Crippen molar-refractivity contribution >= 4 is 7.52 Å². The summed E-state index contributed by atoms with van der Waals surface area (Å²) in [6.07, 6.45) is 0.0465. The van der Waals surface area contributed by atoms with E-state index in [0.29, 0.717) is 26.3 Å². The maximum atomic E-state index is 12.4. The van der Waals surface area contributed by atoms with Crippen LogP contribution in [0.1, 0.15) is 12.5 Å². The molecule has 0 aliphatic rings. The molecule has 5 nitrogen and oxygen atoms in total. The average Bonchev–Trinajstić information content (AvgIpc) is 2.39. The molecule has 1 aromatic rings. The summed E-state index contributed by atoms with van der Waals surface area (Å²) in [7, 11) is -2.94. The fourth-order valence-corrected chi connectivity index (χ4v) is 2.86. The monoisotopic (exact) mass is 272 g/mol. The minimum Gasteiger partial charge on any atom is -0.369 e. The molecule has 0 saturated heterocycles. The lowest BCUT2D eigenvalue weighted by molar-refractivity contribution is 0.164. The van der Waals surface area contributed by atoms with Crippen LogP contribution in [0, 0.1) is 0 Å². The molecule has 1 rings (SSSR count). The van der Waals surface area contributed by atoms with E-state index in [2.05, 4.69) is 5.09 Å². The van der Waals surface area contributed by atoms with Crippen molar-refractivity contribution in [2.75, 3.05) is 26.0 Å². The first-order valence-electron chi connectivity index (χ1n) is 6.00. The molecule has 0 spiro atoms. The quantitative estimate of drug-likeness (QED) is 0.531. The van der Waals surface area contributed by atoms with E-state index in [-0.39, 0.29) is 6.35 Å². The first-order chi connectivity index (χ1) is 8.70. The Morgan fingerprint density at radius 3 is 2.67 bits per heavy atom. The van der Waals surface area contributed by atoms with Crippen LogP contribution in [-0.4, -0.2) is 26.0 Å². The molecule has 0 aromatic heterocycles. The molecular formula is C12H21N2O3P. The van der Waals surface area contributed by atoms with Gasteiger partial charge in [0.1, 0.15) is 6.35 Å². The smallest absolute Gasteiger partial charge is 0.295 e. The van der Waals surface area contributed by atoms with Crippen molar-refractivity contribution in [3.8, 4) is 0 Å². The third-order valence-corrected chi connectivity index (χ3v) is 4.07. The normalized spacial score (nSPS) is 14.3. The van der Waals surface area contributed by atoms with Gasteiger partial charge in [0.15, 0.2) is 0 Å². The molecule has 1 aromatic carbocycles. The number of ether oxygens (including phenoxy) is 1. The van der Waals surface area contributed by atoms with Gasteiger partial charge in [-0.05, 0) is 5.56 Å². The minimum atomic E-state index is -2.94. The molecule has 0 bridgehead atoms. The topological polar surface area (TPSA) is 73.6 Å². The fraction of sp³-hybridized carbons (Fsp3) is 0.500. The molecule has 102 valence electrons. The van der Waals surface area contributed by atoms with Gasteiger partial charge in [-0.2, -0.15) is 0 Å². The van der Waals surface area contributed by atoms with Crippen LogP contribution in [0.5, 0.6) is 0 Å². The highest BCUT2D eigenvalue weighted by Gasteiger charge is 2.22. The van der Waals surface area contributed by atoms with Gasteiger partial charge in [0.05, 0.1) is 13.2 Å². The third kappa shape index (κ3) is 5.76. The van der Waals surface area contributed by atoms with E-state index in [1.807, 2.05) is 37.3 Å². The summed E-state index contributed by atoms with van der Waals surface area (Å²) < 4.78 is 23.1. The van der Waals surface area contributed by atoms with Crippen molar-refractivity contribution in [1.29, 1.82) is 0 Å². The number of benzene rings is 1. The fourth-order valence-electron chi connectivity index (χ4n) is 1.39. The summed E-state index contributed by atoms with van der Waals surface area (Å²) in [4.78, 5) is 0. The molecular weight excluding hydrogens is 251 g/mol. The first-order valence-corrected chi connectivity index (χ1v) is 7.81. The Labute approximate surface area is 108 Å². The molecule has 18 heavy (non-hydrogen) atoms.